The van der Waals surface area contributed by atoms with Crippen LogP contribution in [0.4, 0.5) is 0 Å². The smallest absolute Gasteiger partial charge is 0.378 e. The Balaban J connectivity index is 1.62. The number of cyclic esters (lactones) is 1. The number of ether oxygens (including phenoxy) is 4. The highest BCUT2D eigenvalue weighted by atomic mass is 16.7. The lowest BCUT2D eigenvalue weighted by atomic mass is 9.99. The quantitative estimate of drug-likeness (QED) is 0.0912. The van der Waals surface area contributed by atoms with Gasteiger partial charge in [0.05, 0.1) is 6.61 Å². The maximum absolute atomic E-state index is 12.2. The van der Waals surface area contributed by atoms with Crippen LogP contribution in [0.25, 0.3) is 0 Å². The van der Waals surface area contributed by atoms with Crippen LogP contribution in [0.3, 0.4) is 0 Å². The number of hydrogen-bond donors (Lipinski definition) is 6. The van der Waals surface area contributed by atoms with E-state index >= 15 is 0 Å². The van der Waals surface area contributed by atoms with Crippen LogP contribution in [0.15, 0.2) is 11.5 Å². The summed E-state index contributed by atoms with van der Waals surface area (Å²) >= 11 is 0. The van der Waals surface area contributed by atoms with Gasteiger partial charge in [-0.3, -0.25) is 4.79 Å². The van der Waals surface area contributed by atoms with Crippen molar-refractivity contribution in [1.29, 1.82) is 0 Å². The Kier molecular flexibility index (Phi) is 15.8. The van der Waals surface area contributed by atoms with Gasteiger partial charge < -0.3 is 49.6 Å². The summed E-state index contributed by atoms with van der Waals surface area (Å²) in [6, 6.07) is 0. The second-order valence-electron chi connectivity index (χ2n) is 10.6. The minimum Gasteiger partial charge on any atom is -0.505 e. The van der Waals surface area contributed by atoms with Crippen LogP contribution in [0.5, 0.6) is 0 Å². The van der Waals surface area contributed by atoms with Gasteiger partial charge in [-0.05, 0) is 6.42 Å². The predicted molar refractivity (Wildman–Crippen MR) is 142 cm³/mol. The van der Waals surface area contributed by atoms with E-state index in [-0.39, 0.29) is 6.42 Å². The Labute approximate surface area is 235 Å². The van der Waals surface area contributed by atoms with E-state index in [1.54, 1.807) is 0 Å². The molecule has 1 saturated heterocycles. The number of esters is 2. The van der Waals surface area contributed by atoms with Crippen LogP contribution in [-0.2, 0) is 28.5 Å². The molecule has 2 heterocycles. The molecule has 0 amide bonds. The molecule has 40 heavy (non-hydrogen) atoms. The third-order valence-corrected chi connectivity index (χ3v) is 7.25. The molecule has 2 rings (SSSR count). The van der Waals surface area contributed by atoms with Gasteiger partial charge in [-0.15, -0.1) is 0 Å². The van der Waals surface area contributed by atoms with E-state index in [1.165, 1.54) is 57.8 Å². The minimum atomic E-state index is -1.82. The van der Waals surface area contributed by atoms with Crippen molar-refractivity contribution in [3.05, 3.63) is 11.5 Å². The lowest BCUT2D eigenvalue weighted by Gasteiger charge is -2.39. The Morgan fingerprint density at radius 3 is 1.98 bits per heavy atom. The summed E-state index contributed by atoms with van der Waals surface area (Å²) in [6.45, 7) is 0.973. The van der Waals surface area contributed by atoms with Gasteiger partial charge in [-0.25, -0.2) is 4.79 Å². The number of carbonyl (C=O) groups is 2. The summed E-state index contributed by atoms with van der Waals surface area (Å²) in [5, 5.41) is 59.7. The molecule has 0 spiro atoms. The lowest BCUT2D eigenvalue weighted by molar-refractivity contribution is -0.291. The maximum Gasteiger partial charge on any atom is 0.378 e. The van der Waals surface area contributed by atoms with Crippen LogP contribution in [0.1, 0.15) is 96.8 Å². The fraction of sp³-hybridized carbons (Fsp3) is 0.857. The SMILES string of the molecule is CCCCCCCCCCCCCCCC(=O)OC[C@H](O)[C@H]1OC(=O)C(O[C@@H]2O[C@H](CO)[C@@H](O)[C@H](O)[C@H]2O)=C1O. The van der Waals surface area contributed by atoms with Crippen molar-refractivity contribution in [1.82, 2.24) is 0 Å². The summed E-state index contributed by atoms with van der Waals surface area (Å²) in [4.78, 5) is 24.2. The molecular weight excluding hydrogens is 528 g/mol. The average molecular weight is 577 g/mol. The Hall–Kier alpha value is -1.96. The first-order chi connectivity index (χ1) is 19.2. The highest BCUT2D eigenvalue weighted by molar-refractivity contribution is 5.89. The van der Waals surface area contributed by atoms with Crippen molar-refractivity contribution in [2.75, 3.05) is 13.2 Å². The van der Waals surface area contributed by atoms with Crippen molar-refractivity contribution in [3.8, 4) is 0 Å². The Bertz CT molecular complexity index is 785. The number of unbranched alkanes of at least 4 members (excludes halogenated alkanes) is 12. The van der Waals surface area contributed by atoms with Crippen molar-refractivity contribution >= 4 is 11.9 Å². The molecule has 0 aromatic heterocycles. The number of aliphatic hydroxyl groups is 6. The van der Waals surface area contributed by atoms with Crippen LogP contribution < -0.4 is 0 Å². The third-order valence-electron chi connectivity index (χ3n) is 7.25. The van der Waals surface area contributed by atoms with Crippen molar-refractivity contribution < 1.29 is 59.2 Å². The van der Waals surface area contributed by atoms with E-state index < -0.39 is 79.6 Å². The van der Waals surface area contributed by atoms with E-state index in [0.29, 0.717) is 6.42 Å². The topological polar surface area (TPSA) is 192 Å². The molecular formula is C28H48O12. The zero-order valence-corrected chi connectivity index (χ0v) is 23.5. The van der Waals surface area contributed by atoms with Gasteiger partial charge in [-0.1, -0.05) is 84.0 Å². The van der Waals surface area contributed by atoms with Gasteiger partial charge in [-0.2, -0.15) is 0 Å². The fourth-order valence-electron chi connectivity index (χ4n) is 4.73. The van der Waals surface area contributed by atoms with Gasteiger partial charge in [0.1, 0.15) is 37.1 Å². The Morgan fingerprint density at radius 1 is 0.875 bits per heavy atom. The maximum atomic E-state index is 12.2. The molecule has 12 nitrogen and oxygen atoms in total. The molecule has 0 saturated carbocycles. The summed E-state index contributed by atoms with van der Waals surface area (Å²) < 4.78 is 20.3. The Morgan fingerprint density at radius 2 is 1.43 bits per heavy atom. The molecule has 0 unspecified atom stereocenters. The van der Waals surface area contributed by atoms with E-state index in [4.69, 9.17) is 18.9 Å². The molecule has 0 aliphatic carbocycles. The van der Waals surface area contributed by atoms with Gasteiger partial charge in [0.25, 0.3) is 0 Å². The summed E-state index contributed by atoms with van der Waals surface area (Å²) in [5.74, 6) is -3.31. The second kappa shape index (κ2) is 18.5. The van der Waals surface area contributed by atoms with E-state index in [2.05, 4.69) is 6.92 Å². The normalized spacial score (nSPS) is 27.5. The van der Waals surface area contributed by atoms with Gasteiger partial charge >= 0.3 is 11.9 Å². The number of hydrogen-bond acceptors (Lipinski definition) is 12. The zero-order chi connectivity index (χ0) is 29.5. The summed E-state index contributed by atoms with van der Waals surface area (Å²) in [7, 11) is 0. The molecule has 6 N–H and O–H groups in total. The van der Waals surface area contributed by atoms with Crippen molar-refractivity contribution in [2.24, 2.45) is 0 Å². The lowest BCUT2D eigenvalue weighted by Crippen LogP contribution is -2.59. The molecule has 2 aliphatic rings. The molecule has 7 atom stereocenters. The molecule has 12 heteroatoms. The number of carbonyl (C=O) groups excluding carboxylic acids is 2. The summed E-state index contributed by atoms with van der Waals surface area (Å²) in [6.07, 6.45) is 4.16. The number of aliphatic hydroxyl groups excluding tert-OH is 6. The van der Waals surface area contributed by atoms with Crippen LogP contribution in [0.2, 0.25) is 0 Å². The first-order valence-corrected chi connectivity index (χ1v) is 14.7. The van der Waals surface area contributed by atoms with E-state index in [9.17, 15) is 40.2 Å². The minimum absolute atomic E-state index is 0.183. The zero-order valence-electron chi connectivity index (χ0n) is 23.5. The number of rotatable bonds is 20. The van der Waals surface area contributed by atoms with Crippen LogP contribution in [0, 0.1) is 0 Å². The first-order valence-electron chi connectivity index (χ1n) is 14.7. The third kappa shape index (κ3) is 10.8. The highest BCUT2D eigenvalue weighted by Gasteiger charge is 2.48. The summed E-state index contributed by atoms with van der Waals surface area (Å²) in [5.41, 5.74) is 0. The van der Waals surface area contributed by atoms with Gasteiger partial charge in [0, 0.05) is 6.42 Å². The molecule has 1 fully saturated rings. The molecule has 0 radical (unpaired) electrons. The van der Waals surface area contributed by atoms with Crippen LogP contribution >= 0.6 is 0 Å². The van der Waals surface area contributed by atoms with Crippen molar-refractivity contribution in [2.45, 2.75) is 140 Å². The standard InChI is InChI=1S/C28H48O12/c1-2-3-4-5-6-7-8-9-10-11-12-13-14-15-20(31)37-17-18(30)25-24(35)26(27(36)39-25)40-28-23(34)22(33)21(32)19(16-29)38-28/h18-19,21-23,25,28-30,32-35H,2-17H2,1H3/t18-,19+,21+,22-,23+,25+,28-/m0/s1. The highest BCUT2D eigenvalue weighted by Crippen LogP contribution is 2.29. The van der Waals surface area contributed by atoms with Crippen molar-refractivity contribution in [3.63, 3.8) is 0 Å². The van der Waals surface area contributed by atoms with Crippen LogP contribution in [-0.4, -0.2) is 98.7 Å². The van der Waals surface area contributed by atoms with E-state index in [0.717, 1.165) is 19.3 Å². The molecule has 0 aromatic rings. The second-order valence-corrected chi connectivity index (χ2v) is 10.6. The average Bonchev–Trinajstić information content (AvgIpc) is 3.22. The first kappa shape index (κ1) is 34.2. The largest absolute Gasteiger partial charge is 0.505 e. The monoisotopic (exact) mass is 576 g/mol. The molecule has 0 aromatic carbocycles. The predicted octanol–water partition coefficient (Wildman–Crippen LogP) is 1.88. The fourth-order valence-corrected chi connectivity index (χ4v) is 4.73. The van der Waals surface area contributed by atoms with Gasteiger partial charge in [0.15, 0.2) is 11.9 Å². The molecule has 2 aliphatic heterocycles. The van der Waals surface area contributed by atoms with Gasteiger partial charge in [0.2, 0.25) is 12.0 Å². The van der Waals surface area contributed by atoms with E-state index in [1.807, 2.05) is 0 Å². The molecule has 232 valence electrons. The molecule has 0 bridgehead atoms.